The first-order chi connectivity index (χ1) is 20.1. The summed E-state index contributed by atoms with van der Waals surface area (Å²) >= 11 is 3.51. The summed E-state index contributed by atoms with van der Waals surface area (Å²) in [7, 11) is 1.54. The summed E-state index contributed by atoms with van der Waals surface area (Å²) in [4.78, 5) is 18.4. The topological polar surface area (TPSA) is 103 Å². The maximum absolute atomic E-state index is 13.7. The van der Waals surface area contributed by atoms with Crippen LogP contribution in [-0.2, 0) is 6.61 Å². The van der Waals surface area contributed by atoms with Gasteiger partial charge < -0.3 is 13.9 Å². The first-order valence-electron chi connectivity index (χ1n) is 12.6. The van der Waals surface area contributed by atoms with Crippen LogP contribution in [0.3, 0.4) is 0 Å². The molecule has 0 aliphatic carbocycles. The maximum atomic E-state index is 13.7. The molecule has 0 fully saturated rings. The summed E-state index contributed by atoms with van der Waals surface area (Å²) in [6.07, 6.45) is 1.52. The minimum atomic E-state index is -0.352. The molecule has 0 N–H and O–H groups in total. The van der Waals surface area contributed by atoms with E-state index < -0.39 is 0 Å². The predicted molar refractivity (Wildman–Crippen MR) is 160 cm³/mol. The highest BCUT2D eigenvalue weighted by Gasteiger charge is 2.18. The number of fused-ring (bicyclic) bond motifs is 2. The van der Waals surface area contributed by atoms with Crippen LogP contribution in [0.15, 0.2) is 110 Å². The first-order valence-corrected chi connectivity index (χ1v) is 13.4. The number of methoxy groups -OCH3 is 1. The third-order valence-corrected chi connectivity index (χ3v) is 6.95. The molecule has 6 aromatic rings. The van der Waals surface area contributed by atoms with E-state index in [4.69, 9.17) is 18.9 Å². The molecule has 0 aliphatic heterocycles. The SMILES string of the molecule is COc1cc(Br)cc(C=Nn2c(-c3cc4ccccc4o3)nc3ccccc3c2=O)c1OCc1ccccc1C#N. The van der Waals surface area contributed by atoms with Gasteiger partial charge in [-0.1, -0.05) is 64.5 Å². The van der Waals surface area contributed by atoms with E-state index in [0.29, 0.717) is 44.9 Å². The smallest absolute Gasteiger partial charge is 0.282 e. The van der Waals surface area contributed by atoms with Gasteiger partial charge in [-0.15, -0.1) is 0 Å². The normalized spacial score (nSPS) is 11.2. The Hall–Kier alpha value is -5.20. The van der Waals surface area contributed by atoms with Crippen LogP contribution in [-0.4, -0.2) is 23.0 Å². The van der Waals surface area contributed by atoms with Gasteiger partial charge in [-0.05, 0) is 42.5 Å². The molecular formula is C32H21BrN4O4. The fourth-order valence-corrected chi connectivity index (χ4v) is 4.95. The Morgan fingerprint density at radius 3 is 2.66 bits per heavy atom. The van der Waals surface area contributed by atoms with E-state index in [9.17, 15) is 10.1 Å². The molecule has 8 nitrogen and oxygen atoms in total. The summed E-state index contributed by atoms with van der Waals surface area (Å²) in [6.45, 7) is 0.129. The summed E-state index contributed by atoms with van der Waals surface area (Å²) in [5, 5.41) is 15.4. The Balaban J connectivity index is 1.48. The molecule has 0 bridgehead atoms. The molecule has 41 heavy (non-hydrogen) atoms. The average molecular weight is 605 g/mol. The number of rotatable bonds is 7. The minimum Gasteiger partial charge on any atom is -0.493 e. The van der Waals surface area contributed by atoms with E-state index >= 15 is 0 Å². The monoisotopic (exact) mass is 604 g/mol. The predicted octanol–water partition coefficient (Wildman–Crippen LogP) is 6.91. The highest BCUT2D eigenvalue weighted by Crippen LogP contribution is 2.35. The van der Waals surface area contributed by atoms with Crippen molar-refractivity contribution >= 4 is 44.0 Å². The minimum absolute atomic E-state index is 0.129. The van der Waals surface area contributed by atoms with Crippen molar-refractivity contribution in [3.8, 4) is 29.2 Å². The second-order valence-electron chi connectivity index (χ2n) is 9.05. The molecule has 9 heteroatoms. The van der Waals surface area contributed by atoms with Crippen LogP contribution < -0.4 is 15.0 Å². The zero-order valence-electron chi connectivity index (χ0n) is 21.7. The highest BCUT2D eigenvalue weighted by molar-refractivity contribution is 9.10. The van der Waals surface area contributed by atoms with Crippen LogP contribution in [0.1, 0.15) is 16.7 Å². The van der Waals surface area contributed by atoms with Gasteiger partial charge in [0.2, 0.25) is 5.82 Å². The van der Waals surface area contributed by atoms with E-state index in [2.05, 4.69) is 27.1 Å². The van der Waals surface area contributed by atoms with Crippen molar-refractivity contribution in [2.24, 2.45) is 5.10 Å². The molecule has 0 aliphatic rings. The summed E-state index contributed by atoms with van der Waals surface area (Å²) in [5.74, 6) is 1.52. The summed E-state index contributed by atoms with van der Waals surface area (Å²) in [5.41, 5.74) is 2.64. The van der Waals surface area contributed by atoms with Crippen molar-refractivity contribution in [3.05, 3.63) is 123 Å². The first kappa shape index (κ1) is 26.0. The summed E-state index contributed by atoms with van der Waals surface area (Å²) < 4.78 is 19.8. The van der Waals surface area contributed by atoms with Crippen molar-refractivity contribution in [1.29, 1.82) is 5.26 Å². The Bertz CT molecular complexity index is 2020. The van der Waals surface area contributed by atoms with Crippen molar-refractivity contribution in [1.82, 2.24) is 9.66 Å². The van der Waals surface area contributed by atoms with Crippen LogP contribution >= 0.6 is 15.9 Å². The number of hydrogen-bond donors (Lipinski definition) is 0. The average Bonchev–Trinajstić information content (AvgIpc) is 3.44. The Morgan fingerprint density at radius 2 is 1.83 bits per heavy atom. The molecule has 2 heterocycles. The number of hydrogen-bond acceptors (Lipinski definition) is 7. The highest BCUT2D eigenvalue weighted by atomic mass is 79.9. The lowest BCUT2D eigenvalue weighted by Gasteiger charge is -2.15. The van der Waals surface area contributed by atoms with Gasteiger partial charge in [-0.2, -0.15) is 15.0 Å². The fraction of sp³-hybridized carbons (Fsp3) is 0.0625. The van der Waals surface area contributed by atoms with Crippen LogP contribution in [0.25, 0.3) is 33.5 Å². The number of benzene rings is 4. The van der Waals surface area contributed by atoms with Gasteiger partial charge in [0.05, 0.1) is 35.9 Å². The molecule has 0 amide bonds. The van der Waals surface area contributed by atoms with E-state index in [-0.39, 0.29) is 18.0 Å². The standard InChI is InChI=1S/C32H21BrN4O4/c1-39-28-16-24(33)14-23(30(28)40-19-22-10-3-2-9-21(22)17-34)18-35-37-31(29-15-20-8-4-7-13-27(20)41-29)36-26-12-6-5-11-25(26)32(37)38/h2-16,18H,19H2,1H3. The quantitative estimate of drug-likeness (QED) is 0.183. The molecule has 2 aromatic heterocycles. The molecular weight excluding hydrogens is 584 g/mol. The van der Waals surface area contributed by atoms with Gasteiger partial charge >= 0.3 is 0 Å². The number of furan rings is 1. The van der Waals surface area contributed by atoms with Crippen LogP contribution in [0.2, 0.25) is 0 Å². The molecule has 200 valence electrons. The number of para-hydroxylation sites is 2. The third-order valence-electron chi connectivity index (χ3n) is 6.49. The number of nitriles is 1. The van der Waals surface area contributed by atoms with Gasteiger partial charge in [0.15, 0.2) is 17.3 Å². The molecule has 0 spiro atoms. The van der Waals surface area contributed by atoms with Gasteiger partial charge in [0, 0.05) is 21.0 Å². The molecule has 0 atom stereocenters. The van der Waals surface area contributed by atoms with E-state index in [1.807, 2.05) is 48.5 Å². The number of aromatic nitrogens is 2. The van der Waals surface area contributed by atoms with Crippen molar-refractivity contribution < 1.29 is 13.9 Å². The second kappa shape index (κ2) is 11.1. The van der Waals surface area contributed by atoms with Crippen molar-refractivity contribution in [3.63, 3.8) is 0 Å². The van der Waals surface area contributed by atoms with Gasteiger partial charge in [-0.3, -0.25) is 4.79 Å². The molecule has 0 saturated carbocycles. The van der Waals surface area contributed by atoms with Gasteiger partial charge in [-0.25, -0.2) is 4.98 Å². The van der Waals surface area contributed by atoms with E-state index in [0.717, 1.165) is 15.4 Å². The zero-order valence-corrected chi connectivity index (χ0v) is 23.3. The summed E-state index contributed by atoms with van der Waals surface area (Å²) in [6, 6.07) is 29.5. The lowest BCUT2D eigenvalue weighted by Crippen LogP contribution is -2.20. The maximum Gasteiger partial charge on any atom is 0.282 e. The lowest BCUT2D eigenvalue weighted by atomic mass is 10.1. The number of nitrogens with zero attached hydrogens (tertiary/aromatic N) is 4. The molecule has 0 unspecified atom stereocenters. The van der Waals surface area contributed by atoms with E-state index in [1.165, 1.54) is 18.0 Å². The van der Waals surface area contributed by atoms with Crippen molar-refractivity contribution in [2.75, 3.05) is 7.11 Å². The fourth-order valence-electron chi connectivity index (χ4n) is 4.50. The Morgan fingerprint density at radius 1 is 1.05 bits per heavy atom. The van der Waals surface area contributed by atoms with Gasteiger partial charge in [0.25, 0.3) is 5.56 Å². The Labute approximate surface area is 242 Å². The van der Waals surface area contributed by atoms with Crippen LogP contribution in [0, 0.1) is 11.3 Å². The molecule has 0 saturated heterocycles. The number of halogens is 1. The number of ether oxygens (including phenoxy) is 2. The second-order valence-corrected chi connectivity index (χ2v) is 9.96. The zero-order chi connectivity index (χ0) is 28.3. The third kappa shape index (κ3) is 5.09. The van der Waals surface area contributed by atoms with Crippen LogP contribution in [0.4, 0.5) is 0 Å². The van der Waals surface area contributed by atoms with Crippen LogP contribution in [0.5, 0.6) is 11.5 Å². The van der Waals surface area contributed by atoms with Gasteiger partial charge in [0.1, 0.15) is 12.2 Å². The van der Waals surface area contributed by atoms with E-state index in [1.54, 1.807) is 42.5 Å². The molecule has 0 radical (unpaired) electrons. The molecule has 4 aromatic carbocycles. The largest absolute Gasteiger partial charge is 0.493 e. The Kier molecular flexibility index (Phi) is 7.06. The lowest BCUT2D eigenvalue weighted by molar-refractivity contribution is 0.283. The van der Waals surface area contributed by atoms with Crippen molar-refractivity contribution in [2.45, 2.75) is 6.61 Å². The molecule has 6 rings (SSSR count).